The Labute approximate surface area is 173 Å². The Morgan fingerprint density at radius 2 is 1.90 bits per heavy atom. The molecule has 0 aromatic carbocycles. The zero-order chi connectivity index (χ0) is 21.9. The Bertz CT molecular complexity index is 601. The fourth-order valence-electron chi connectivity index (χ4n) is 3.50. The largest absolute Gasteiger partial charge is 0.527 e. The van der Waals surface area contributed by atoms with Crippen molar-refractivity contribution in [2.45, 2.75) is 103 Å². The number of rotatable bonds is 10. The summed E-state index contributed by atoms with van der Waals surface area (Å²) in [5, 5.41) is 0. The Balaban J connectivity index is 2.01. The second kappa shape index (κ2) is 10.2. The molecule has 0 aromatic rings. The summed E-state index contributed by atoms with van der Waals surface area (Å²) < 4.78 is 46.2. The molecular formula is C19H36NO8P. The first kappa shape index (κ1) is 24.8. The van der Waals surface area contributed by atoms with E-state index >= 15 is 0 Å². The zero-order valence-corrected chi connectivity index (χ0v) is 19.0. The van der Waals surface area contributed by atoms with Crippen molar-refractivity contribution in [1.82, 2.24) is 0 Å². The molecule has 2 fully saturated rings. The number of nitrogens with two attached hydrogens (primary N) is 1. The minimum atomic E-state index is -4.53. The molecule has 0 radical (unpaired) electrons. The maximum atomic E-state index is 12.7. The summed E-state index contributed by atoms with van der Waals surface area (Å²) in [6, 6.07) is -0.604. The number of phosphoric ester groups is 1. The summed E-state index contributed by atoms with van der Waals surface area (Å²) in [5.74, 6) is -0.0126. The first-order valence-electron chi connectivity index (χ1n) is 10.1. The lowest BCUT2D eigenvalue weighted by atomic mass is 10.1. The molecule has 2 heterocycles. The quantitative estimate of drug-likeness (QED) is 0.392. The average Bonchev–Trinajstić information content (AvgIpc) is 3.06. The maximum Gasteiger partial charge on any atom is 0.527 e. The fourth-order valence-corrected chi connectivity index (χ4v) is 4.52. The monoisotopic (exact) mass is 437 g/mol. The van der Waals surface area contributed by atoms with Gasteiger partial charge in [0, 0.05) is 6.42 Å². The van der Waals surface area contributed by atoms with E-state index in [4.69, 9.17) is 33.7 Å². The molecule has 29 heavy (non-hydrogen) atoms. The van der Waals surface area contributed by atoms with Crippen LogP contribution in [-0.2, 0) is 32.6 Å². The van der Waals surface area contributed by atoms with Gasteiger partial charge in [-0.15, -0.1) is 0 Å². The molecule has 10 heteroatoms. The second-order valence-electron chi connectivity index (χ2n) is 8.26. The van der Waals surface area contributed by atoms with Gasteiger partial charge in [0.1, 0.15) is 24.1 Å². The summed E-state index contributed by atoms with van der Waals surface area (Å²) >= 11 is 0. The fraction of sp³-hybridized carbons (Fsp3) is 0.895. The SMILES string of the molecule is C=C(OP(=O)(O)O[C@@H]1C(N)[C@H](C)O[C@@H]1COC(C)C)[C@H]1O[C@@H](C)C[C@H]1OC(C)C. The van der Waals surface area contributed by atoms with Gasteiger partial charge in [-0.25, -0.2) is 4.57 Å². The Hall–Kier alpha value is -0.510. The lowest BCUT2D eigenvalue weighted by Gasteiger charge is -2.27. The molecule has 2 saturated heterocycles. The van der Waals surface area contributed by atoms with E-state index in [-0.39, 0.29) is 42.9 Å². The first-order valence-corrected chi connectivity index (χ1v) is 11.6. The molecule has 3 N–H and O–H groups in total. The van der Waals surface area contributed by atoms with Crippen LogP contribution in [0.2, 0.25) is 0 Å². The van der Waals surface area contributed by atoms with Gasteiger partial charge in [0.25, 0.3) is 0 Å². The summed E-state index contributed by atoms with van der Waals surface area (Å²) in [7, 11) is -4.53. The predicted molar refractivity (Wildman–Crippen MR) is 107 cm³/mol. The zero-order valence-electron chi connectivity index (χ0n) is 18.1. The van der Waals surface area contributed by atoms with E-state index in [0.29, 0.717) is 6.42 Å². The average molecular weight is 437 g/mol. The minimum absolute atomic E-state index is 0.0126. The third-order valence-electron chi connectivity index (χ3n) is 4.80. The Morgan fingerprint density at radius 1 is 1.24 bits per heavy atom. The Morgan fingerprint density at radius 3 is 2.48 bits per heavy atom. The van der Waals surface area contributed by atoms with Crippen molar-refractivity contribution in [3.63, 3.8) is 0 Å². The number of ether oxygens (including phenoxy) is 4. The van der Waals surface area contributed by atoms with Crippen molar-refractivity contribution in [2.24, 2.45) is 5.73 Å². The van der Waals surface area contributed by atoms with Gasteiger partial charge in [0.2, 0.25) is 0 Å². The molecule has 170 valence electrons. The summed E-state index contributed by atoms with van der Waals surface area (Å²) in [6.07, 6.45) is -2.29. The minimum Gasteiger partial charge on any atom is -0.406 e. The van der Waals surface area contributed by atoms with E-state index in [1.54, 1.807) is 6.92 Å². The molecule has 2 rings (SSSR count). The highest BCUT2D eigenvalue weighted by molar-refractivity contribution is 7.47. The van der Waals surface area contributed by atoms with E-state index in [1.165, 1.54) is 0 Å². The molecule has 0 aliphatic carbocycles. The van der Waals surface area contributed by atoms with Crippen LogP contribution in [0, 0.1) is 0 Å². The van der Waals surface area contributed by atoms with Crippen LogP contribution in [0.5, 0.6) is 0 Å². The van der Waals surface area contributed by atoms with Gasteiger partial charge in [-0.2, -0.15) is 0 Å². The van der Waals surface area contributed by atoms with Crippen molar-refractivity contribution in [3.8, 4) is 0 Å². The molecule has 0 bridgehead atoms. The maximum absolute atomic E-state index is 12.7. The number of hydrogen-bond acceptors (Lipinski definition) is 8. The highest BCUT2D eigenvalue weighted by atomic mass is 31.2. The van der Waals surface area contributed by atoms with E-state index < -0.39 is 32.2 Å². The van der Waals surface area contributed by atoms with Gasteiger partial charge in [-0.1, -0.05) is 6.58 Å². The molecule has 2 aliphatic rings. The lowest BCUT2D eigenvalue weighted by Crippen LogP contribution is -2.42. The smallest absolute Gasteiger partial charge is 0.406 e. The van der Waals surface area contributed by atoms with Gasteiger partial charge in [-0.3, -0.25) is 9.42 Å². The van der Waals surface area contributed by atoms with Crippen LogP contribution in [-0.4, -0.2) is 66.4 Å². The van der Waals surface area contributed by atoms with E-state index in [0.717, 1.165) is 0 Å². The summed E-state index contributed by atoms with van der Waals surface area (Å²) in [4.78, 5) is 10.3. The van der Waals surface area contributed by atoms with Crippen LogP contribution in [0.4, 0.5) is 0 Å². The van der Waals surface area contributed by atoms with Crippen molar-refractivity contribution in [2.75, 3.05) is 6.61 Å². The molecule has 9 nitrogen and oxygen atoms in total. The van der Waals surface area contributed by atoms with Crippen LogP contribution in [0.3, 0.4) is 0 Å². The molecule has 0 saturated carbocycles. The van der Waals surface area contributed by atoms with Crippen molar-refractivity contribution in [3.05, 3.63) is 12.3 Å². The normalized spacial score (nSPS) is 37.2. The van der Waals surface area contributed by atoms with Crippen LogP contribution < -0.4 is 5.73 Å². The summed E-state index contributed by atoms with van der Waals surface area (Å²) in [5.41, 5.74) is 6.11. The second-order valence-corrected chi connectivity index (χ2v) is 9.59. The van der Waals surface area contributed by atoms with Crippen molar-refractivity contribution >= 4 is 7.82 Å². The highest BCUT2D eigenvalue weighted by Gasteiger charge is 2.47. The van der Waals surface area contributed by atoms with Gasteiger partial charge < -0.3 is 29.2 Å². The van der Waals surface area contributed by atoms with Gasteiger partial charge in [0.15, 0.2) is 0 Å². The van der Waals surface area contributed by atoms with Crippen LogP contribution in [0.15, 0.2) is 12.3 Å². The number of hydrogen-bond donors (Lipinski definition) is 2. The topological polar surface area (TPSA) is 119 Å². The molecule has 8 atom stereocenters. The van der Waals surface area contributed by atoms with Crippen molar-refractivity contribution in [1.29, 1.82) is 0 Å². The highest BCUT2D eigenvalue weighted by Crippen LogP contribution is 2.50. The van der Waals surface area contributed by atoms with E-state index in [2.05, 4.69) is 6.58 Å². The molecule has 0 amide bonds. The predicted octanol–water partition coefficient (Wildman–Crippen LogP) is 2.51. The lowest BCUT2D eigenvalue weighted by molar-refractivity contribution is -0.0582. The third-order valence-corrected chi connectivity index (χ3v) is 5.78. The van der Waals surface area contributed by atoms with Crippen molar-refractivity contribution < 1.29 is 37.5 Å². The molecule has 2 unspecified atom stereocenters. The molecule has 0 aromatic heterocycles. The van der Waals surface area contributed by atoms with Gasteiger partial charge >= 0.3 is 7.82 Å². The Kier molecular flexibility index (Phi) is 8.71. The van der Waals surface area contributed by atoms with Crippen LogP contribution in [0.25, 0.3) is 0 Å². The van der Waals surface area contributed by atoms with E-state index in [1.807, 2.05) is 34.6 Å². The molecular weight excluding hydrogens is 401 g/mol. The van der Waals surface area contributed by atoms with Gasteiger partial charge in [0.05, 0.1) is 43.2 Å². The van der Waals surface area contributed by atoms with Crippen LogP contribution >= 0.6 is 7.82 Å². The van der Waals surface area contributed by atoms with E-state index in [9.17, 15) is 9.46 Å². The number of phosphoric acid groups is 1. The molecule has 0 spiro atoms. The summed E-state index contributed by atoms with van der Waals surface area (Å²) in [6.45, 7) is 15.2. The van der Waals surface area contributed by atoms with Gasteiger partial charge in [-0.05, 0) is 41.5 Å². The third kappa shape index (κ3) is 7.01. The van der Waals surface area contributed by atoms with Crippen LogP contribution in [0.1, 0.15) is 48.0 Å². The standard InChI is InChI=1S/C19H36NO8P/c1-10(2)23-9-16-19(17(20)13(6)26-16)28-29(21,22)27-14(7)18-15(24-11(3)4)8-12(5)25-18/h10-13,15-19H,7-9,20H2,1-6H3,(H,21,22)/t12-,13-,15+,16+,17?,18+,19-/m0/s1. The molecule has 2 aliphatic heterocycles. The first-order chi connectivity index (χ1) is 13.4.